The largest absolute Gasteiger partial charge is 1.00 e. The molecule has 4 atom stereocenters. The number of carbonyl (C=O) groups excluding carboxylic acids is 1. The van der Waals surface area contributed by atoms with Crippen molar-refractivity contribution in [1.82, 2.24) is 4.90 Å². The van der Waals surface area contributed by atoms with E-state index in [-0.39, 0.29) is 43.7 Å². The number of halogens is 3. The van der Waals surface area contributed by atoms with Crippen molar-refractivity contribution in [2.75, 3.05) is 26.7 Å². The van der Waals surface area contributed by atoms with Gasteiger partial charge in [0.05, 0.1) is 20.2 Å². The third kappa shape index (κ3) is 4.76. The zero-order chi connectivity index (χ0) is 26.3. The third-order valence-electron chi connectivity index (χ3n) is 10.3. The quantitative estimate of drug-likeness (QED) is 0.625. The van der Waals surface area contributed by atoms with E-state index in [1.807, 2.05) is 29.6 Å². The van der Waals surface area contributed by atoms with E-state index < -0.39 is 17.3 Å². The lowest BCUT2D eigenvalue weighted by molar-refractivity contribution is -0.641. The van der Waals surface area contributed by atoms with Crippen LogP contribution in [0.3, 0.4) is 0 Å². The fraction of sp³-hybridized carbons (Fsp3) is 0.594. The monoisotopic (exact) mass is 558 g/mol. The Bertz CT molecular complexity index is 1160. The molecule has 0 radical (unpaired) electrons. The summed E-state index contributed by atoms with van der Waals surface area (Å²) in [7, 11) is 1.60. The number of likely N-dealkylation sites (tertiary alicyclic amines) is 1. The number of ether oxygens (including phenoxy) is 1. The minimum absolute atomic E-state index is 0. The highest BCUT2D eigenvalue weighted by atomic mass is 35.5. The molecular weight excluding hydrogens is 518 g/mol. The molecule has 4 aliphatic rings. The minimum Gasteiger partial charge on any atom is -1.00 e. The summed E-state index contributed by atoms with van der Waals surface area (Å²) in [6, 6.07) is 16.3. The number of quaternary nitrogens is 1. The van der Waals surface area contributed by atoms with Gasteiger partial charge < -0.3 is 27.4 Å². The number of nitrogens with zero attached hydrogens (tertiary/aromatic N) is 1. The van der Waals surface area contributed by atoms with E-state index in [4.69, 9.17) is 4.74 Å². The maximum atomic E-state index is 16.2. The molecule has 1 unspecified atom stereocenters. The van der Waals surface area contributed by atoms with Gasteiger partial charge in [-0.2, -0.15) is 0 Å². The Morgan fingerprint density at radius 2 is 1.79 bits per heavy atom. The lowest BCUT2D eigenvalue weighted by atomic mass is 9.61. The van der Waals surface area contributed by atoms with Crippen LogP contribution >= 0.6 is 0 Å². The third-order valence-corrected chi connectivity index (χ3v) is 10.3. The average molecular weight is 559 g/mol. The predicted octanol–water partition coefficient (Wildman–Crippen LogP) is 2.07. The van der Waals surface area contributed by atoms with Gasteiger partial charge >= 0.3 is 0 Å². The Hall–Kier alpha value is -2.18. The summed E-state index contributed by atoms with van der Waals surface area (Å²) in [6.45, 7) is 1.31. The smallest absolute Gasteiger partial charge is 0.264 e. The van der Waals surface area contributed by atoms with E-state index in [9.17, 15) is 4.79 Å². The van der Waals surface area contributed by atoms with Crippen LogP contribution < -0.4 is 22.5 Å². The standard InChI is InChI=1S/C32H40F2N2O2.ClH/c1-38-29-14-8-13-26-25(29)15-17-32(33,34)31(26)21-35-20-27(31)30(37)36-18-16-24(22-9-4-2-5-10-22)19-28(36)23-11-6-3-7-12-23;/h2,4-5,8-10,13-14,23-24,27-28,35H,3,6-7,11-12,15-21H2,1H3;1H/t24-,27?,28+,31-;/m1./s1. The zero-order valence-electron chi connectivity index (χ0n) is 22.9. The molecule has 1 saturated carbocycles. The van der Waals surface area contributed by atoms with Crippen LogP contribution in [0.1, 0.15) is 74.0 Å². The van der Waals surface area contributed by atoms with Crippen molar-refractivity contribution in [2.24, 2.45) is 11.8 Å². The normalized spacial score (nSPS) is 30.4. The van der Waals surface area contributed by atoms with Crippen LogP contribution in [0.4, 0.5) is 8.78 Å². The Labute approximate surface area is 237 Å². The number of methoxy groups -OCH3 is 1. The molecule has 2 aromatic rings. The number of amides is 1. The van der Waals surface area contributed by atoms with Gasteiger partial charge in [-0.15, -0.1) is 0 Å². The molecule has 6 rings (SSSR count). The van der Waals surface area contributed by atoms with Crippen molar-refractivity contribution in [3.05, 3.63) is 65.2 Å². The van der Waals surface area contributed by atoms with E-state index >= 15 is 8.78 Å². The molecule has 3 fully saturated rings. The summed E-state index contributed by atoms with van der Waals surface area (Å²) in [4.78, 5) is 16.6. The van der Waals surface area contributed by atoms with E-state index in [2.05, 4.69) is 29.2 Å². The number of alkyl halides is 2. The van der Waals surface area contributed by atoms with Gasteiger partial charge in [-0.05, 0) is 66.7 Å². The fourth-order valence-electron chi connectivity index (χ4n) is 8.43. The fourth-order valence-corrected chi connectivity index (χ4v) is 8.43. The first kappa shape index (κ1) is 28.4. The molecule has 2 aromatic carbocycles. The number of piperidine rings is 1. The second-order valence-electron chi connectivity index (χ2n) is 12.1. The number of fused-ring (bicyclic) bond motifs is 2. The van der Waals surface area contributed by atoms with Crippen LogP contribution in [0.5, 0.6) is 5.75 Å². The molecule has 2 N–H and O–H groups in total. The Balaban J connectivity index is 0.00000308. The first-order chi connectivity index (χ1) is 18.5. The van der Waals surface area contributed by atoms with Gasteiger partial charge in [0.2, 0.25) is 5.91 Å². The summed E-state index contributed by atoms with van der Waals surface area (Å²) in [5, 5.41) is 1.96. The number of rotatable bonds is 4. The van der Waals surface area contributed by atoms with Crippen LogP contribution in [-0.2, 0) is 16.6 Å². The summed E-state index contributed by atoms with van der Waals surface area (Å²) < 4.78 is 37.9. The van der Waals surface area contributed by atoms with Crippen molar-refractivity contribution in [3.8, 4) is 5.75 Å². The van der Waals surface area contributed by atoms with Crippen molar-refractivity contribution >= 4 is 5.91 Å². The molecule has 2 heterocycles. The van der Waals surface area contributed by atoms with Crippen molar-refractivity contribution in [2.45, 2.75) is 81.1 Å². The summed E-state index contributed by atoms with van der Waals surface area (Å²) in [6.07, 6.45) is 7.79. The molecule has 2 aliphatic heterocycles. The molecular formula is C32H41ClF2N2O2. The highest BCUT2D eigenvalue weighted by Crippen LogP contribution is 2.55. The van der Waals surface area contributed by atoms with Gasteiger partial charge in [-0.3, -0.25) is 4.79 Å². The van der Waals surface area contributed by atoms with E-state index in [0.717, 1.165) is 31.2 Å². The highest BCUT2D eigenvalue weighted by Gasteiger charge is 2.68. The topological polar surface area (TPSA) is 46.1 Å². The Morgan fingerprint density at radius 1 is 1.03 bits per heavy atom. The molecule has 2 saturated heterocycles. The van der Waals surface area contributed by atoms with Crippen molar-refractivity contribution < 1.29 is 36.0 Å². The lowest BCUT2D eigenvalue weighted by Gasteiger charge is -2.48. The van der Waals surface area contributed by atoms with Gasteiger partial charge in [-0.1, -0.05) is 61.7 Å². The molecule has 39 heavy (non-hydrogen) atoms. The predicted molar refractivity (Wildman–Crippen MR) is 144 cm³/mol. The second-order valence-corrected chi connectivity index (χ2v) is 12.1. The SMILES string of the molecule is COc1cccc2c1CCC(F)(F)[C@]21C[NH2+]CC1C(=O)N1CC[C@@H](c2ccccc2)C[C@H]1C1CCCCC1.[Cl-]. The average Bonchev–Trinajstić information content (AvgIpc) is 3.42. The highest BCUT2D eigenvalue weighted by molar-refractivity contribution is 5.82. The van der Waals surface area contributed by atoms with Crippen LogP contribution in [0, 0.1) is 11.8 Å². The molecule has 7 heteroatoms. The van der Waals surface area contributed by atoms with E-state index in [0.29, 0.717) is 36.2 Å². The van der Waals surface area contributed by atoms with E-state index in [1.54, 1.807) is 7.11 Å². The zero-order valence-corrected chi connectivity index (χ0v) is 23.6. The number of hydrogen-bond donors (Lipinski definition) is 1. The maximum Gasteiger partial charge on any atom is 0.264 e. The first-order valence-electron chi connectivity index (χ1n) is 14.7. The molecule has 0 aromatic heterocycles. The van der Waals surface area contributed by atoms with Gasteiger partial charge in [0, 0.05) is 19.0 Å². The molecule has 212 valence electrons. The van der Waals surface area contributed by atoms with Gasteiger partial charge in [-0.25, -0.2) is 8.78 Å². The second kappa shape index (κ2) is 11.4. The number of nitrogens with two attached hydrogens (primary N) is 1. The summed E-state index contributed by atoms with van der Waals surface area (Å²) >= 11 is 0. The molecule has 1 amide bonds. The Kier molecular flexibility index (Phi) is 8.26. The van der Waals surface area contributed by atoms with Crippen molar-refractivity contribution in [1.29, 1.82) is 0 Å². The molecule has 2 aliphatic carbocycles. The van der Waals surface area contributed by atoms with Crippen LogP contribution in [-0.4, -0.2) is 49.5 Å². The minimum atomic E-state index is -2.94. The number of hydrogen-bond acceptors (Lipinski definition) is 2. The van der Waals surface area contributed by atoms with Crippen LogP contribution in [0.15, 0.2) is 48.5 Å². The van der Waals surface area contributed by atoms with Gasteiger partial charge in [0.25, 0.3) is 5.92 Å². The number of carbonyl (C=O) groups is 1. The Morgan fingerprint density at radius 3 is 2.54 bits per heavy atom. The maximum absolute atomic E-state index is 16.2. The molecule has 4 nitrogen and oxygen atoms in total. The van der Waals surface area contributed by atoms with Gasteiger partial charge in [0.1, 0.15) is 17.1 Å². The van der Waals surface area contributed by atoms with Crippen LogP contribution in [0.2, 0.25) is 0 Å². The first-order valence-corrected chi connectivity index (χ1v) is 14.7. The lowest BCUT2D eigenvalue weighted by Crippen LogP contribution is -3.00. The van der Waals surface area contributed by atoms with Crippen molar-refractivity contribution in [3.63, 3.8) is 0 Å². The summed E-state index contributed by atoms with van der Waals surface area (Å²) in [5.74, 6) is -2.18. The van der Waals surface area contributed by atoms with Crippen LogP contribution in [0.25, 0.3) is 0 Å². The summed E-state index contributed by atoms with van der Waals surface area (Å²) in [5.41, 5.74) is 1.35. The molecule has 0 bridgehead atoms. The van der Waals surface area contributed by atoms with Gasteiger partial charge in [0.15, 0.2) is 0 Å². The van der Waals surface area contributed by atoms with E-state index in [1.165, 1.54) is 24.8 Å². The molecule has 1 spiro atoms. The number of benzene rings is 2.